The van der Waals surface area contributed by atoms with Crippen LogP contribution in [0.1, 0.15) is 17.2 Å². The fourth-order valence-electron chi connectivity index (χ4n) is 3.53. The number of nitrogens with zero attached hydrogens (tertiary/aromatic N) is 1. The highest BCUT2D eigenvalue weighted by molar-refractivity contribution is 7.91. The lowest BCUT2D eigenvalue weighted by molar-refractivity contribution is -0.158. The number of fused-ring (bicyclic) bond motifs is 1. The Labute approximate surface area is 192 Å². The number of sulfone groups is 1. The minimum Gasteiger partial charge on any atom is -0.454 e. The molecule has 3 aromatic rings. The lowest BCUT2D eigenvalue weighted by Crippen LogP contribution is -2.30. The molecule has 0 aliphatic carbocycles. The van der Waals surface area contributed by atoms with Crippen molar-refractivity contribution >= 4 is 16.2 Å². The summed E-state index contributed by atoms with van der Waals surface area (Å²) in [6.07, 6.45) is -4.34. The second-order valence-corrected chi connectivity index (χ2v) is 9.53. The average Bonchev–Trinajstić information content (AvgIpc) is 3.30. The van der Waals surface area contributed by atoms with Crippen LogP contribution in [-0.2, 0) is 20.8 Å². The Hall–Kier alpha value is -3.57. The molecule has 1 N–H and O–H groups in total. The summed E-state index contributed by atoms with van der Waals surface area (Å²) in [5, 5.41) is 10.3. The number of benzene rings is 3. The first-order chi connectivity index (χ1) is 16.1. The molecule has 7 nitrogen and oxygen atoms in total. The molecule has 1 aliphatic heterocycles. The van der Waals surface area contributed by atoms with Crippen LogP contribution in [0.25, 0.3) is 11.1 Å². The number of alkyl halides is 3. The fraction of sp³-hybridized carbons (Fsp3) is 0.174. The highest BCUT2D eigenvalue weighted by Gasteiger charge is 2.30. The minimum absolute atomic E-state index is 0.00352. The second kappa shape index (κ2) is 8.99. The van der Waals surface area contributed by atoms with Crippen molar-refractivity contribution in [1.82, 2.24) is 5.06 Å². The van der Waals surface area contributed by atoms with Gasteiger partial charge in [0.1, 0.15) is 0 Å². The standard InChI is InChI=1S/C23H18F3NO6S/c24-23(25,26)18-6-1-15(2-7-18)16-3-8-19(9-4-16)34(30,31)12-20(27(29)13-28)17-5-10-21-22(11-17)33-14-32-21/h1-11,13,20,29H,12,14H2. The van der Waals surface area contributed by atoms with Crippen LogP contribution in [0.4, 0.5) is 13.2 Å². The van der Waals surface area contributed by atoms with Crippen LogP contribution in [0.5, 0.6) is 11.5 Å². The molecule has 178 valence electrons. The molecule has 1 heterocycles. The van der Waals surface area contributed by atoms with E-state index in [0.717, 1.165) is 12.1 Å². The molecule has 1 aliphatic rings. The van der Waals surface area contributed by atoms with Gasteiger partial charge in [0.25, 0.3) is 0 Å². The summed E-state index contributed by atoms with van der Waals surface area (Å²) >= 11 is 0. The number of hydrogen-bond donors (Lipinski definition) is 1. The van der Waals surface area contributed by atoms with Crippen molar-refractivity contribution in [3.05, 3.63) is 77.9 Å². The van der Waals surface area contributed by atoms with Gasteiger partial charge in [0.05, 0.1) is 22.3 Å². The first-order valence-corrected chi connectivity index (χ1v) is 11.6. The third-order valence-electron chi connectivity index (χ3n) is 5.35. The first-order valence-electron chi connectivity index (χ1n) is 9.91. The van der Waals surface area contributed by atoms with Crippen molar-refractivity contribution in [1.29, 1.82) is 0 Å². The molecule has 0 fully saturated rings. The number of amides is 1. The van der Waals surface area contributed by atoms with E-state index in [-0.39, 0.29) is 23.2 Å². The van der Waals surface area contributed by atoms with Crippen molar-refractivity contribution in [3.8, 4) is 22.6 Å². The van der Waals surface area contributed by atoms with E-state index in [1.807, 2.05) is 0 Å². The normalized spacial score (nSPS) is 14.0. The van der Waals surface area contributed by atoms with Crippen LogP contribution in [0.3, 0.4) is 0 Å². The first kappa shape index (κ1) is 23.6. The van der Waals surface area contributed by atoms with Gasteiger partial charge in [-0.05, 0) is 53.1 Å². The quantitative estimate of drug-likeness (QED) is 0.297. The molecule has 1 atom stereocenters. The Morgan fingerprint density at radius 2 is 1.53 bits per heavy atom. The van der Waals surface area contributed by atoms with Crippen LogP contribution in [0, 0.1) is 0 Å². The Morgan fingerprint density at radius 1 is 0.941 bits per heavy atom. The SMILES string of the molecule is O=CN(O)C(CS(=O)(=O)c1ccc(-c2ccc(C(F)(F)F)cc2)cc1)c1ccc2c(c1)OCO2. The van der Waals surface area contributed by atoms with Crippen LogP contribution in [0.15, 0.2) is 71.6 Å². The van der Waals surface area contributed by atoms with E-state index < -0.39 is 33.4 Å². The van der Waals surface area contributed by atoms with Gasteiger partial charge in [-0.1, -0.05) is 30.3 Å². The summed E-state index contributed by atoms with van der Waals surface area (Å²) in [6.45, 7) is 0.00352. The summed E-state index contributed by atoms with van der Waals surface area (Å²) in [5.41, 5.74) is 0.548. The predicted molar refractivity (Wildman–Crippen MR) is 114 cm³/mol. The van der Waals surface area contributed by atoms with Gasteiger partial charge >= 0.3 is 6.18 Å². The van der Waals surface area contributed by atoms with E-state index in [2.05, 4.69) is 0 Å². The zero-order valence-electron chi connectivity index (χ0n) is 17.4. The lowest BCUT2D eigenvalue weighted by Gasteiger charge is -2.23. The summed E-state index contributed by atoms with van der Waals surface area (Å²) in [4.78, 5) is 11.1. The molecule has 0 saturated heterocycles. The molecule has 0 radical (unpaired) electrons. The van der Waals surface area contributed by atoms with Crippen molar-refractivity contribution in [2.75, 3.05) is 12.5 Å². The maximum absolute atomic E-state index is 13.0. The monoisotopic (exact) mass is 493 g/mol. The number of ether oxygens (including phenoxy) is 2. The number of hydrogen-bond acceptors (Lipinski definition) is 6. The summed E-state index contributed by atoms with van der Waals surface area (Å²) in [5.74, 6) is 0.196. The van der Waals surface area contributed by atoms with Gasteiger partial charge in [0, 0.05) is 0 Å². The zero-order chi connectivity index (χ0) is 24.5. The van der Waals surface area contributed by atoms with Crippen LogP contribution in [-0.4, -0.2) is 37.6 Å². The van der Waals surface area contributed by atoms with Gasteiger partial charge in [-0.25, -0.2) is 13.5 Å². The van der Waals surface area contributed by atoms with Crippen LogP contribution >= 0.6 is 0 Å². The third-order valence-corrected chi connectivity index (χ3v) is 7.09. The fourth-order valence-corrected chi connectivity index (χ4v) is 5.03. The van der Waals surface area contributed by atoms with Gasteiger partial charge in [-0.3, -0.25) is 10.0 Å². The number of halogens is 3. The molecular weight excluding hydrogens is 475 g/mol. The number of hydroxylamine groups is 2. The van der Waals surface area contributed by atoms with Gasteiger partial charge in [-0.2, -0.15) is 13.2 Å². The topological polar surface area (TPSA) is 93.1 Å². The Bertz CT molecular complexity index is 1290. The van der Waals surface area contributed by atoms with E-state index in [9.17, 15) is 31.6 Å². The van der Waals surface area contributed by atoms with E-state index in [4.69, 9.17) is 9.47 Å². The van der Waals surface area contributed by atoms with Crippen molar-refractivity contribution in [2.24, 2.45) is 0 Å². The van der Waals surface area contributed by atoms with Crippen molar-refractivity contribution < 1.29 is 41.1 Å². The van der Waals surface area contributed by atoms with Gasteiger partial charge in [-0.15, -0.1) is 0 Å². The van der Waals surface area contributed by atoms with Crippen molar-refractivity contribution in [2.45, 2.75) is 17.1 Å². The van der Waals surface area contributed by atoms with Crippen molar-refractivity contribution in [3.63, 3.8) is 0 Å². The van der Waals surface area contributed by atoms with E-state index in [0.29, 0.717) is 28.2 Å². The van der Waals surface area contributed by atoms with E-state index in [1.54, 1.807) is 6.07 Å². The zero-order valence-corrected chi connectivity index (χ0v) is 18.2. The maximum atomic E-state index is 13.0. The van der Waals surface area contributed by atoms with Crippen LogP contribution in [0.2, 0.25) is 0 Å². The second-order valence-electron chi connectivity index (χ2n) is 7.49. The average molecular weight is 493 g/mol. The third kappa shape index (κ3) is 4.85. The Morgan fingerprint density at radius 3 is 2.12 bits per heavy atom. The molecule has 34 heavy (non-hydrogen) atoms. The Kier molecular flexibility index (Phi) is 6.24. The molecule has 0 spiro atoms. The minimum atomic E-state index is -4.45. The molecule has 0 aromatic heterocycles. The number of carbonyl (C=O) groups excluding carboxylic acids is 1. The highest BCUT2D eigenvalue weighted by Crippen LogP contribution is 2.36. The number of carbonyl (C=O) groups is 1. The van der Waals surface area contributed by atoms with E-state index >= 15 is 0 Å². The van der Waals surface area contributed by atoms with Gasteiger partial charge in [0.2, 0.25) is 13.2 Å². The smallest absolute Gasteiger partial charge is 0.416 e. The molecule has 1 amide bonds. The summed E-state index contributed by atoms with van der Waals surface area (Å²) < 4.78 is 74.8. The number of rotatable bonds is 7. The lowest BCUT2D eigenvalue weighted by atomic mass is 10.0. The largest absolute Gasteiger partial charge is 0.454 e. The van der Waals surface area contributed by atoms with Crippen LogP contribution < -0.4 is 9.47 Å². The van der Waals surface area contributed by atoms with E-state index in [1.165, 1.54) is 48.5 Å². The molecule has 0 bridgehead atoms. The predicted octanol–water partition coefficient (Wildman–Crippen LogP) is 4.46. The maximum Gasteiger partial charge on any atom is 0.416 e. The van der Waals surface area contributed by atoms with Gasteiger partial charge < -0.3 is 9.47 Å². The summed E-state index contributed by atoms with van der Waals surface area (Å²) in [6, 6.07) is 13.4. The molecule has 0 saturated carbocycles. The molecular formula is C23H18F3NO6S. The highest BCUT2D eigenvalue weighted by atomic mass is 32.2. The molecule has 3 aromatic carbocycles. The molecule has 11 heteroatoms. The Balaban J connectivity index is 1.57. The van der Waals surface area contributed by atoms with Gasteiger partial charge in [0.15, 0.2) is 21.3 Å². The molecule has 1 unspecified atom stereocenters. The summed E-state index contributed by atoms with van der Waals surface area (Å²) in [7, 11) is -3.98. The molecule has 4 rings (SSSR count).